The third-order valence-corrected chi connectivity index (χ3v) is 4.11. The van der Waals surface area contributed by atoms with Crippen molar-refractivity contribution in [3.63, 3.8) is 0 Å². The molecule has 132 valence electrons. The van der Waals surface area contributed by atoms with Gasteiger partial charge in [-0.05, 0) is 36.8 Å². The van der Waals surface area contributed by atoms with Gasteiger partial charge in [0.05, 0.1) is 31.0 Å². The first-order valence-electron chi connectivity index (χ1n) is 7.65. The highest BCUT2D eigenvalue weighted by atomic mass is 19.1. The fourth-order valence-corrected chi connectivity index (χ4v) is 2.54. The number of hydrogen-bond acceptors (Lipinski definition) is 4. The molecule has 0 amide bonds. The van der Waals surface area contributed by atoms with E-state index in [-0.39, 0.29) is 17.0 Å². The Morgan fingerprint density at radius 1 is 1.08 bits per heavy atom. The van der Waals surface area contributed by atoms with E-state index in [1.807, 2.05) is 13.8 Å². The zero-order chi connectivity index (χ0) is 18.7. The molecule has 0 aliphatic carbocycles. The summed E-state index contributed by atoms with van der Waals surface area (Å²) in [6.07, 6.45) is 0. The first-order chi connectivity index (χ1) is 11.8. The highest BCUT2D eigenvalue weighted by Gasteiger charge is 2.31. The molecule has 0 aliphatic heterocycles. The minimum Gasteiger partial charge on any atom is -0.465 e. The fraction of sp³-hybridized carbons (Fsp3) is 0.263. The van der Waals surface area contributed by atoms with Gasteiger partial charge in [-0.25, -0.2) is 14.0 Å². The number of aromatic nitrogens is 1. The Bertz CT molecular complexity index is 821. The van der Waals surface area contributed by atoms with Crippen LogP contribution in [0.5, 0.6) is 0 Å². The molecule has 1 N–H and O–H groups in total. The van der Waals surface area contributed by atoms with Crippen molar-refractivity contribution in [3.8, 4) is 11.3 Å². The lowest BCUT2D eigenvalue weighted by molar-refractivity contribution is 0.0556. The number of H-pyrrole nitrogens is 1. The molecule has 6 heteroatoms. The number of hydrogen-bond donors (Lipinski definition) is 1. The minimum absolute atomic E-state index is 0.0593. The average Bonchev–Trinajstić information content (AvgIpc) is 3.00. The number of carbonyl (C=O) groups is 2. The molecular weight excluding hydrogens is 325 g/mol. The van der Waals surface area contributed by atoms with Crippen molar-refractivity contribution in [2.75, 3.05) is 14.2 Å². The standard InChI is InChI=1S/C19H20FNO4/c1-10(2)11(3)16-14(18(22)24-4)15(19(23)25-5)17(21-16)12-6-8-13(20)9-7-12/h6-9,11,21H,1H2,2-5H3. The van der Waals surface area contributed by atoms with Crippen LogP contribution in [-0.2, 0) is 9.47 Å². The van der Waals surface area contributed by atoms with E-state index in [1.54, 1.807) is 0 Å². The summed E-state index contributed by atoms with van der Waals surface area (Å²) < 4.78 is 22.9. The SMILES string of the molecule is C=C(C)C(C)c1[nH]c(-c2ccc(F)cc2)c(C(=O)OC)c1C(=O)OC. The van der Waals surface area contributed by atoms with E-state index in [0.717, 1.165) is 5.57 Å². The van der Waals surface area contributed by atoms with Crippen molar-refractivity contribution in [1.29, 1.82) is 0 Å². The van der Waals surface area contributed by atoms with Gasteiger partial charge in [0.25, 0.3) is 0 Å². The van der Waals surface area contributed by atoms with Crippen molar-refractivity contribution in [2.45, 2.75) is 19.8 Å². The maximum Gasteiger partial charge on any atom is 0.340 e. The van der Waals surface area contributed by atoms with Gasteiger partial charge >= 0.3 is 11.9 Å². The molecule has 0 bridgehead atoms. The number of aromatic amines is 1. The van der Waals surface area contributed by atoms with Crippen molar-refractivity contribution < 1.29 is 23.5 Å². The van der Waals surface area contributed by atoms with E-state index >= 15 is 0 Å². The molecule has 2 aromatic rings. The third-order valence-electron chi connectivity index (χ3n) is 4.11. The Balaban J connectivity index is 2.82. The Morgan fingerprint density at radius 2 is 1.60 bits per heavy atom. The number of methoxy groups -OCH3 is 2. The molecular formula is C19H20FNO4. The maximum absolute atomic E-state index is 13.2. The van der Waals surface area contributed by atoms with Gasteiger partial charge in [-0.1, -0.05) is 19.1 Å². The monoisotopic (exact) mass is 345 g/mol. The quantitative estimate of drug-likeness (QED) is 0.655. The van der Waals surface area contributed by atoms with Crippen LogP contribution in [0.2, 0.25) is 0 Å². The van der Waals surface area contributed by atoms with Gasteiger partial charge in [0.1, 0.15) is 5.82 Å². The van der Waals surface area contributed by atoms with Crippen LogP contribution >= 0.6 is 0 Å². The highest BCUT2D eigenvalue weighted by molar-refractivity contribution is 6.08. The molecule has 0 spiro atoms. The van der Waals surface area contributed by atoms with Gasteiger partial charge in [0.2, 0.25) is 0 Å². The summed E-state index contributed by atoms with van der Waals surface area (Å²) in [7, 11) is 2.47. The summed E-state index contributed by atoms with van der Waals surface area (Å²) >= 11 is 0. The normalized spacial score (nSPS) is 11.7. The zero-order valence-corrected chi connectivity index (χ0v) is 14.6. The van der Waals surface area contributed by atoms with Gasteiger partial charge in [0, 0.05) is 11.6 Å². The van der Waals surface area contributed by atoms with E-state index in [2.05, 4.69) is 11.6 Å². The number of ether oxygens (including phenoxy) is 2. The molecule has 1 aromatic heterocycles. The van der Waals surface area contributed by atoms with E-state index in [0.29, 0.717) is 17.0 Å². The van der Waals surface area contributed by atoms with E-state index in [4.69, 9.17) is 9.47 Å². The van der Waals surface area contributed by atoms with Crippen LogP contribution in [0, 0.1) is 5.82 Å². The molecule has 0 aliphatic rings. The first kappa shape index (κ1) is 18.4. The summed E-state index contributed by atoms with van der Waals surface area (Å²) in [5.74, 6) is -1.98. The van der Waals surface area contributed by atoms with Crippen LogP contribution in [0.1, 0.15) is 46.2 Å². The van der Waals surface area contributed by atoms with E-state index in [9.17, 15) is 14.0 Å². The number of halogens is 1. The summed E-state index contributed by atoms with van der Waals surface area (Å²) in [6.45, 7) is 7.59. The lowest BCUT2D eigenvalue weighted by Gasteiger charge is -2.12. The van der Waals surface area contributed by atoms with Gasteiger partial charge in [-0.2, -0.15) is 0 Å². The molecule has 0 saturated carbocycles. The van der Waals surface area contributed by atoms with Crippen LogP contribution < -0.4 is 0 Å². The molecule has 25 heavy (non-hydrogen) atoms. The van der Waals surface area contributed by atoms with Crippen molar-refractivity contribution in [2.24, 2.45) is 0 Å². The van der Waals surface area contributed by atoms with Crippen LogP contribution in [0.25, 0.3) is 11.3 Å². The summed E-state index contributed by atoms with van der Waals surface area (Å²) in [5.41, 5.74) is 2.38. The first-order valence-corrected chi connectivity index (χ1v) is 7.65. The smallest absolute Gasteiger partial charge is 0.340 e. The molecule has 1 atom stereocenters. The summed E-state index contributed by atoms with van der Waals surface area (Å²) in [4.78, 5) is 27.8. The number of carbonyl (C=O) groups excluding carboxylic acids is 2. The van der Waals surface area contributed by atoms with Crippen molar-refractivity contribution in [3.05, 3.63) is 59.1 Å². The van der Waals surface area contributed by atoms with Gasteiger partial charge in [0.15, 0.2) is 0 Å². The Hall–Kier alpha value is -2.89. The summed E-state index contributed by atoms with van der Waals surface area (Å²) in [6, 6.07) is 5.58. The lowest BCUT2D eigenvalue weighted by atomic mass is 9.95. The Morgan fingerprint density at radius 3 is 2.08 bits per heavy atom. The molecule has 0 fully saturated rings. The Labute approximate surface area is 145 Å². The van der Waals surface area contributed by atoms with Crippen molar-refractivity contribution >= 4 is 11.9 Å². The van der Waals surface area contributed by atoms with Crippen LogP contribution in [0.4, 0.5) is 4.39 Å². The predicted octanol–water partition coefficient (Wildman–Crippen LogP) is 4.07. The maximum atomic E-state index is 13.2. The zero-order valence-electron chi connectivity index (χ0n) is 14.6. The highest BCUT2D eigenvalue weighted by Crippen LogP contribution is 2.35. The lowest BCUT2D eigenvalue weighted by Crippen LogP contribution is -2.13. The van der Waals surface area contributed by atoms with Gasteiger partial charge in [-0.3, -0.25) is 0 Å². The second-order valence-electron chi connectivity index (χ2n) is 5.72. The van der Waals surface area contributed by atoms with E-state index in [1.165, 1.54) is 38.5 Å². The molecule has 0 saturated heterocycles. The second-order valence-corrected chi connectivity index (χ2v) is 5.72. The number of nitrogens with one attached hydrogen (secondary N) is 1. The third kappa shape index (κ3) is 3.47. The number of benzene rings is 1. The largest absolute Gasteiger partial charge is 0.465 e. The molecule has 1 aromatic carbocycles. The van der Waals surface area contributed by atoms with Crippen LogP contribution in [0.3, 0.4) is 0 Å². The minimum atomic E-state index is -0.684. The number of esters is 2. The molecule has 1 unspecified atom stereocenters. The van der Waals surface area contributed by atoms with Gasteiger partial charge < -0.3 is 14.5 Å². The van der Waals surface area contributed by atoms with E-state index < -0.39 is 17.8 Å². The van der Waals surface area contributed by atoms with Crippen LogP contribution in [-0.4, -0.2) is 31.1 Å². The fourth-order valence-electron chi connectivity index (χ4n) is 2.54. The molecule has 1 heterocycles. The molecule has 2 rings (SSSR count). The average molecular weight is 345 g/mol. The van der Waals surface area contributed by atoms with Crippen molar-refractivity contribution in [1.82, 2.24) is 4.98 Å². The predicted molar refractivity (Wildman–Crippen MR) is 92.1 cm³/mol. The topological polar surface area (TPSA) is 68.4 Å². The van der Waals surface area contributed by atoms with Gasteiger partial charge in [-0.15, -0.1) is 0 Å². The Kier molecular flexibility index (Phi) is 5.41. The molecule has 0 radical (unpaired) electrons. The second kappa shape index (κ2) is 7.34. The number of rotatable bonds is 5. The molecule has 5 nitrogen and oxygen atoms in total. The van der Waals surface area contributed by atoms with Crippen LogP contribution in [0.15, 0.2) is 36.4 Å². The number of allylic oxidation sites excluding steroid dienone is 1. The summed E-state index contributed by atoms with van der Waals surface area (Å²) in [5, 5.41) is 0.